The molecule has 0 fully saturated rings. The fourth-order valence-corrected chi connectivity index (χ4v) is 3.93. The van der Waals surface area contributed by atoms with Crippen LogP contribution in [0.5, 0.6) is 0 Å². The summed E-state index contributed by atoms with van der Waals surface area (Å²) in [5.74, 6) is 1.17. The normalized spacial score (nSPS) is 12.6. The van der Waals surface area contributed by atoms with Gasteiger partial charge in [0.2, 0.25) is 5.52 Å². The minimum Gasteiger partial charge on any atom is -0.419 e. The van der Waals surface area contributed by atoms with E-state index in [0.717, 1.165) is 34.4 Å². The van der Waals surface area contributed by atoms with Crippen molar-refractivity contribution in [2.75, 3.05) is 0 Å². The van der Waals surface area contributed by atoms with Crippen LogP contribution in [0.1, 0.15) is 5.56 Å². The van der Waals surface area contributed by atoms with Gasteiger partial charge in [0.1, 0.15) is 17.8 Å². The van der Waals surface area contributed by atoms with Crippen LogP contribution in [-0.4, -0.2) is 9.55 Å². The number of hydrogen-bond donors (Lipinski definition) is 0. The van der Waals surface area contributed by atoms with Crippen molar-refractivity contribution >= 4 is 22.2 Å². The molecule has 4 heterocycles. The van der Waals surface area contributed by atoms with Gasteiger partial charge in [-0.2, -0.15) is 4.57 Å². The van der Waals surface area contributed by atoms with Gasteiger partial charge in [0.05, 0.1) is 10.9 Å². The summed E-state index contributed by atoms with van der Waals surface area (Å²) < 4.78 is 10.8. The smallest absolute Gasteiger partial charge is 0.344 e. The Morgan fingerprint density at radius 1 is 0.960 bits per heavy atom. The SMILES string of the molecule is c1ccc(-n2c3[n+](c4c5cnccc5oc42)Cc2ccccc2-3)cc1. The summed E-state index contributed by atoms with van der Waals surface area (Å²) in [7, 11) is 0. The first kappa shape index (κ1) is 13.0. The topological polar surface area (TPSA) is 34.8 Å². The Morgan fingerprint density at radius 2 is 1.80 bits per heavy atom. The molecule has 0 spiro atoms. The highest BCUT2D eigenvalue weighted by molar-refractivity contribution is 6.00. The maximum atomic E-state index is 6.25. The van der Waals surface area contributed by atoms with Crippen LogP contribution >= 0.6 is 0 Å². The zero-order valence-electron chi connectivity index (χ0n) is 13.4. The van der Waals surface area contributed by atoms with Gasteiger partial charge in [-0.25, -0.2) is 4.57 Å². The number of benzene rings is 2. The van der Waals surface area contributed by atoms with Crippen LogP contribution < -0.4 is 4.57 Å². The third kappa shape index (κ3) is 1.61. The average Bonchev–Trinajstić information content (AvgIpc) is 3.29. The lowest BCUT2D eigenvalue weighted by atomic mass is 10.1. The predicted octanol–water partition coefficient (Wildman–Crippen LogP) is 4.09. The molecule has 0 N–H and O–H groups in total. The summed E-state index contributed by atoms with van der Waals surface area (Å²) in [5, 5.41) is 1.06. The fourth-order valence-electron chi connectivity index (χ4n) is 3.93. The molecular formula is C21H14N3O+. The maximum Gasteiger partial charge on any atom is 0.344 e. The number of aromatic nitrogens is 3. The lowest BCUT2D eigenvalue weighted by molar-refractivity contribution is -0.645. The zero-order chi connectivity index (χ0) is 16.4. The Bertz CT molecular complexity index is 1260. The van der Waals surface area contributed by atoms with Crippen molar-refractivity contribution in [3.63, 3.8) is 0 Å². The Hall–Kier alpha value is -3.40. The van der Waals surface area contributed by atoms with Crippen molar-refractivity contribution in [2.45, 2.75) is 6.54 Å². The third-order valence-corrected chi connectivity index (χ3v) is 4.99. The molecule has 4 nitrogen and oxygen atoms in total. The lowest BCUT2D eigenvalue weighted by Crippen LogP contribution is -2.31. The quantitative estimate of drug-likeness (QED) is 0.427. The second kappa shape index (κ2) is 4.57. The maximum absolute atomic E-state index is 6.25. The van der Waals surface area contributed by atoms with Gasteiger partial charge in [-0.05, 0) is 18.2 Å². The highest BCUT2D eigenvalue weighted by Crippen LogP contribution is 2.37. The van der Waals surface area contributed by atoms with Crippen molar-refractivity contribution in [2.24, 2.45) is 0 Å². The van der Waals surface area contributed by atoms with Gasteiger partial charge in [-0.15, -0.1) is 0 Å². The van der Waals surface area contributed by atoms with Crippen LogP contribution in [0.4, 0.5) is 0 Å². The van der Waals surface area contributed by atoms with Crippen molar-refractivity contribution in [3.05, 3.63) is 78.6 Å². The Labute approximate surface area is 143 Å². The molecule has 118 valence electrons. The second-order valence-electron chi connectivity index (χ2n) is 6.37. The van der Waals surface area contributed by atoms with Gasteiger partial charge < -0.3 is 4.42 Å². The standard InChI is InChI=1S/C21H14N3O/c1-2-7-15(8-3-1)24-20-16-9-5-4-6-14(16)13-23(20)19-17-12-22-11-10-18(17)25-21(19)24/h1-12H,13H2/q+1. The molecule has 0 saturated carbocycles. The van der Waals surface area contributed by atoms with Crippen LogP contribution in [0.15, 0.2) is 77.5 Å². The van der Waals surface area contributed by atoms with Gasteiger partial charge in [0, 0.05) is 24.0 Å². The first-order valence-electron chi connectivity index (χ1n) is 8.36. The zero-order valence-corrected chi connectivity index (χ0v) is 13.4. The Kier molecular flexibility index (Phi) is 2.37. The van der Waals surface area contributed by atoms with E-state index in [0.29, 0.717) is 0 Å². The molecule has 0 atom stereocenters. The van der Waals surface area contributed by atoms with E-state index in [1.807, 2.05) is 18.3 Å². The molecule has 5 aromatic rings. The number of nitrogens with zero attached hydrogens (tertiary/aromatic N) is 3. The summed E-state index contributed by atoms with van der Waals surface area (Å²) in [4.78, 5) is 4.31. The summed E-state index contributed by atoms with van der Waals surface area (Å²) in [5.41, 5.74) is 6.55. The summed E-state index contributed by atoms with van der Waals surface area (Å²) in [6.45, 7) is 0.853. The molecule has 0 bridgehead atoms. The third-order valence-electron chi connectivity index (χ3n) is 4.99. The second-order valence-corrected chi connectivity index (χ2v) is 6.37. The Balaban J connectivity index is 1.83. The minimum absolute atomic E-state index is 0.853. The summed E-state index contributed by atoms with van der Waals surface area (Å²) in [6.07, 6.45) is 3.67. The molecule has 1 aliphatic heterocycles. The van der Waals surface area contributed by atoms with Crippen molar-refractivity contribution < 1.29 is 8.98 Å². The largest absolute Gasteiger partial charge is 0.419 e. The number of rotatable bonds is 1. The first-order chi connectivity index (χ1) is 12.4. The predicted molar refractivity (Wildman–Crippen MR) is 95.6 cm³/mol. The molecule has 3 aromatic heterocycles. The highest BCUT2D eigenvalue weighted by Gasteiger charge is 2.38. The van der Waals surface area contributed by atoms with E-state index in [2.05, 4.69) is 62.6 Å². The number of pyridine rings is 1. The number of fused-ring (bicyclic) bond motifs is 7. The van der Waals surface area contributed by atoms with Gasteiger partial charge in [-0.1, -0.05) is 36.4 Å². The molecule has 6 rings (SSSR count). The first-order valence-corrected chi connectivity index (χ1v) is 8.36. The van der Waals surface area contributed by atoms with E-state index in [1.54, 1.807) is 6.20 Å². The van der Waals surface area contributed by atoms with Gasteiger partial charge in [-0.3, -0.25) is 4.98 Å². The van der Waals surface area contributed by atoms with E-state index >= 15 is 0 Å². The van der Waals surface area contributed by atoms with Crippen LogP contribution in [-0.2, 0) is 6.54 Å². The monoisotopic (exact) mass is 324 g/mol. The molecular weight excluding hydrogens is 310 g/mol. The highest BCUT2D eigenvalue weighted by atomic mass is 16.3. The number of para-hydroxylation sites is 1. The minimum atomic E-state index is 0.853. The molecule has 2 aromatic carbocycles. The van der Waals surface area contributed by atoms with E-state index < -0.39 is 0 Å². The molecule has 0 saturated heterocycles. The van der Waals surface area contributed by atoms with Crippen molar-refractivity contribution in [1.29, 1.82) is 0 Å². The van der Waals surface area contributed by atoms with Crippen molar-refractivity contribution in [3.8, 4) is 17.1 Å². The number of furan rings is 1. The Morgan fingerprint density at radius 3 is 2.72 bits per heavy atom. The van der Waals surface area contributed by atoms with E-state index in [9.17, 15) is 0 Å². The molecule has 25 heavy (non-hydrogen) atoms. The van der Waals surface area contributed by atoms with Gasteiger partial charge in [0.15, 0.2) is 0 Å². The molecule has 0 aliphatic carbocycles. The van der Waals surface area contributed by atoms with Crippen LogP contribution in [0, 0.1) is 0 Å². The van der Waals surface area contributed by atoms with Crippen LogP contribution in [0.3, 0.4) is 0 Å². The van der Waals surface area contributed by atoms with Gasteiger partial charge in [0.25, 0.3) is 5.82 Å². The average molecular weight is 324 g/mol. The molecule has 1 aliphatic rings. The van der Waals surface area contributed by atoms with E-state index in [1.165, 1.54) is 17.0 Å². The van der Waals surface area contributed by atoms with Crippen LogP contribution in [0.2, 0.25) is 0 Å². The number of imidazole rings is 1. The van der Waals surface area contributed by atoms with E-state index in [4.69, 9.17) is 4.42 Å². The fraction of sp³-hybridized carbons (Fsp3) is 0.0476. The van der Waals surface area contributed by atoms with Crippen LogP contribution in [0.25, 0.3) is 39.3 Å². The summed E-state index contributed by atoms with van der Waals surface area (Å²) >= 11 is 0. The number of hydrogen-bond acceptors (Lipinski definition) is 2. The molecule has 0 amide bonds. The summed E-state index contributed by atoms with van der Waals surface area (Å²) in [6, 6.07) is 20.9. The molecule has 0 unspecified atom stereocenters. The van der Waals surface area contributed by atoms with Crippen molar-refractivity contribution in [1.82, 2.24) is 9.55 Å². The molecule has 4 heteroatoms. The lowest BCUT2D eigenvalue weighted by Gasteiger charge is -2.00. The molecule has 0 radical (unpaired) electrons. The van der Waals surface area contributed by atoms with Gasteiger partial charge >= 0.3 is 5.71 Å². The van der Waals surface area contributed by atoms with E-state index in [-0.39, 0.29) is 0 Å².